The van der Waals surface area contributed by atoms with Crippen LogP contribution in [-0.2, 0) is 17.8 Å². The van der Waals surface area contributed by atoms with Gasteiger partial charge in [0.15, 0.2) is 0 Å². The molecule has 106 valence electrons. The molecule has 3 N–H and O–H groups in total. The first kappa shape index (κ1) is 13.7. The van der Waals surface area contributed by atoms with Crippen LogP contribution in [-0.4, -0.2) is 37.2 Å². The number of H-pyrrole nitrogens is 2. The molecule has 0 aliphatic carbocycles. The smallest absolute Gasteiger partial charge is 0.328 e. The number of nitrogens with one attached hydrogen (secondary N) is 3. The molecule has 0 saturated carbocycles. The van der Waals surface area contributed by atoms with Crippen LogP contribution in [0.15, 0.2) is 28.2 Å². The lowest BCUT2D eigenvalue weighted by atomic mass is 10.3. The van der Waals surface area contributed by atoms with Gasteiger partial charge in [-0.1, -0.05) is 0 Å². The maximum Gasteiger partial charge on any atom is 0.328 e. The molecule has 20 heavy (non-hydrogen) atoms. The summed E-state index contributed by atoms with van der Waals surface area (Å²) in [5.74, 6) is 0.466. The van der Waals surface area contributed by atoms with Crippen LogP contribution in [0.2, 0.25) is 0 Å². The Morgan fingerprint density at radius 3 is 2.95 bits per heavy atom. The Morgan fingerprint density at radius 2 is 2.25 bits per heavy atom. The Kier molecular flexibility index (Phi) is 4.43. The molecule has 0 aromatic carbocycles. The maximum atomic E-state index is 11.6. The molecule has 0 saturated heterocycles. The van der Waals surface area contributed by atoms with Crippen LogP contribution < -0.4 is 16.6 Å². The molecule has 2 heterocycles. The van der Waals surface area contributed by atoms with Gasteiger partial charge in [0.1, 0.15) is 18.7 Å². The van der Waals surface area contributed by atoms with Gasteiger partial charge in [-0.2, -0.15) is 5.10 Å². The number of carbonyl (C=O) groups is 1. The summed E-state index contributed by atoms with van der Waals surface area (Å²) in [7, 11) is 0. The minimum absolute atomic E-state index is 0.127. The lowest BCUT2D eigenvalue weighted by Gasteiger charge is -2.06. The second-order valence-corrected chi connectivity index (χ2v) is 4.12. The average molecular weight is 278 g/mol. The summed E-state index contributed by atoms with van der Waals surface area (Å²) in [5.41, 5.74) is -1.09. The van der Waals surface area contributed by atoms with Gasteiger partial charge in [0.2, 0.25) is 5.91 Å². The number of aromatic nitrogens is 5. The summed E-state index contributed by atoms with van der Waals surface area (Å²) < 4.78 is 1.13. The van der Waals surface area contributed by atoms with E-state index in [1.807, 2.05) is 0 Å². The summed E-state index contributed by atoms with van der Waals surface area (Å²) in [4.78, 5) is 39.9. The van der Waals surface area contributed by atoms with Gasteiger partial charge in [0.25, 0.3) is 5.56 Å². The van der Waals surface area contributed by atoms with Crippen molar-refractivity contribution >= 4 is 5.91 Å². The minimum atomic E-state index is -0.602. The number of hydrogen-bond acceptors (Lipinski definition) is 5. The van der Waals surface area contributed by atoms with Crippen LogP contribution in [0, 0.1) is 0 Å². The summed E-state index contributed by atoms with van der Waals surface area (Å²) in [6, 6.07) is 1.19. The van der Waals surface area contributed by atoms with Crippen molar-refractivity contribution in [1.29, 1.82) is 0 Å². The molecular formula is C11H14N6O3. The predicted octanol–water partition coefficient (Wildman–Crippen LogP) is -1.60. The van der Waals surface area contributed by atoms with E-state index in [4.69, 9.17) is 0 Å². The molecule has 0 spiro atoms. The minimum Gasteiger partial charge on any atom is -0.355 e. The number of hydrogen-bond donors (Lipinski definition) is 3. The zero-order valence-electron chi connectivity index (χ0n) is 10.6. The van der Waals surface area contributed by atoms with Crippen molar-refractivity contribution in [3.8, 4) is 0 Å². The van der Waals surface area contributed by atoms with Gasteiger partial charge in [-0.25, -0.2) is 9.78 Å². The topological polar surface area (TPSA) is 126 Å². The van der Waals surface area contributed by atoms with E-state index < -0.39 is 11.2 Å². The van der Waals surface area contributed by atoms with E-state index in [0.717, 1.165) is 10.4 Å². The monoisotopic (exact) mass is 278 g/mol. The van der Waals surface area contributed by atoms with Crippen LogP contribution in [0.1, 0.15) is 12.2 Å². The largest absolute Gasteiger partial charge is 0.355 e. The van der Waals surface area contributed by atoms with Crippen molar-refractivity contribution < 1.29 is 4.79 Å². The molecule has 2 rings (SSSR count). The van der Waals surface area contributed by atoms with Crippen LogP contribution >= 0.6 is 0 Å². The Bertz CT molecular complexity index is 672. The van der Waals surface area contributed by atoms with Gasteiger partial charge >= 0.3 is 5.69 Å². The molecule has 9 heteroatoms. The van der Waals surface area contributed by atoms with Crippen molar-refractivity contribution in [2.24, 2.45) is 0 Å². The fraction of sp³-hybridized carbons (Fsp3) is 0.364. The Morgan fingerprint density at radius 1 is 1.40 bits per heavy atom. The third kappa shape index (κ3) is 3.90. The molecular weight excluding hydrogens is 264 g/mol. The molecule has 0 aliphatic rings. The van der Waals surface area contributed by atoms with E-state index in [2.05, 4.69) is 25.5 Å². The van der Waals surface area contributed by atoms with E-state index >= 15 is 0 Å². The number of amides is 1. The van der Waals surface area contributed by atoms with E-state index in [1.54, 1.807) is 0 Å². The maximum absolute atomic E-state index is 11.6. The third-order valence-electron chi connectivity index (χ3n) is 2.59. The SMILES string of the molecule is O=C(Cn1ccc(=O)[nH]c1=O)NCCCc1ncn[nH]1. The molecule has 0 unspecified atom stereocenters. The summed E-state index contributed by atoms with van der Waals surface area (Å²) in [5, 5.41) is 9.13. The van der Waals surface area contributed by atoms with E-state index in [-0.39, 0.29) is 12.5 Å². The second kappa shape index (κ2) is 6.45. The molecule has 0 fully saturated rings. The Balaban J connectivity index is 1.75. The molecule has 0 aliphatic heterocycles. The second-order valence-electron chi connectivity index (χ2n) is 4.12. The highest BCUT2D eigenvalue weighted by Gasteiger charge is 2.04. The first-order valence-electron chi connectivity index (χ1n) is 6.06. The van der Waals surface area contributed by atoms with Crippen LogP contribution in [0.3, 0.4) is 0 Å². The Hall–Kier alpha value is -2.71. The van der Waals surface area contributed by atoms with Gasteiger partial charge in [-0.05, 0) is 6.42 Å². The van der Waals surface area contributed by atoms with Crippen LogP contribution in [0.25, 0.3) is 0 Å². The van der Waals surface area contributed by atoms with Gasteiger partial charge in [-0.15, -0.1) is 0 Å². The number of rotatable bonds is 6. The van der Waals surface area contributed by atoms with Gasteiger partial charge < -0.3 is 5.32 Å². The quantitative estimate of drug-likeness (QED) is 0.549. The molecule has 9 nitrogen and oxygen atoms in total. The van der Waals surface area contributed by atoms with Crippen molar-refractivity contribution in [1.82, 2.24) is 30.0 Å². The number of nitrogens with zero attached hydrogens (tertiary/aromatic N) is 3. The first-order chi connectivity index (χ1) is 9.65. The van der Waals surface area contributed by atoms with Gasteiger partial charge in [0.05, 0.1) is 0 Å². The van der Waals surface area contributed by atoms with Crippen molar-refractivity contribution in [2.75, 3.05) is 6.54 Å². The average Bonchev–Trinajstić information content (AvgIpc) is 2.91. The zero-order chi connectivity index (χ0) is 14.4. The van der Waals surface area contributed by atoms with E-state index in [0.29, 0.717) is 19.4 Å². The zero-order valence-corrected chi connectivity index (χ0v) is 10.6. The summed E-state index contributed by atoms with van der Waals surface area (Å²) in [6.45, 7) is 0.343. The lowest BCUT2D eigenvalue weighted by Crippen LogP contribution is -2.35. The normalized spacial score (nSPS) is 10.4. The Labute approximate surface area is 113 Å². The van der Waals surface area contributed by atoms with Crippen LogP contribution in [0.4, 0.5) is 0 Å². The molecule has 0 atom stereocenters. The highest BCUT2D eigenvalue weighted by molar-refractivity contribution is 5.75. The lowest BCUT2D eigenvalue weighted by molar-refractivity contribution is -0.121. The van der Waals surface area contributed by atoms with Crippen molar-refractivity contribution in [3.05, 3.63) is 45.3 Å². The molecule has 2 aromatic rings. The molecule has 0 radical (unpaired) electrons. The molecule has 0 bridgehead atoms. The molecule has 2 aromatic heterocycles. The highest BCUT2D eigenvalue weighted by Crippen LogP contribution is 1.91. The summed E-state index contributed by atoms with van der Waals surface area (Å²) >= 11 is 0. The number of aromatic amines is 2. The predicted molar refractivity (Wildman–Crippen MR) is 69.0 cm³/mol. The van der Waals surface area contributed by atoms with Crippen molar-refractivity contribution in [3.63, 3.8) is 0 Å². The first-order valence-corrected chi connectivity index (χ1v) is 6.06. The summed E-state index contributed by atoms with van der Waals surface area (Å²) in [6.07, 6.45) is 4.10. The molecule has 1 amide bonds. The fourth-order valence-corrected chi connectivity index (χ4v) is 1.61. The van der Waals surface area contributed by atoms with Gasteiger partial charge in [0, 0.05) is 25.2 Å². The fourth-order valence-electron chi connectivity index (χ4n) is 1.61. The standard InChI is InChI=1S/C11H14N6O3/c18-9-3-5-17(11(20)15-9)6-10(19)12-4-1-2-8-13-7-14-16-8/h3,5,7H,1-2,4,6H2,(H,12,19)(H,13,14,16)(H,15,18,20). The van der Waals surface area contributed by atoms with Gasteiger partial charge in [-0.3, -0.25) is 24.2 Å². The third-order valence-corrected chi connectivity index (χ3v) is 2.59. The van der Waals surface area contributed by atoms with E-state index in [1.165, 1.54) is 18.6 Å². The highest BCUT2D eigenvalue weighted by atomic mass is 16.2. The van der Waals surface area contributed by atoms with E-state index in [9.17, 15) is 14.4 Å². The number of carbonyl (C=O) groups excluding carboxylic acids is 1. The number of aryl methyl sites for hydroxylation is 1. The van der Waals surface area contributed by atoms with Crippen LogP contribution in [0.5, 0.6) is 0 Å². The van der Waals surface area contributed by atoms with Crippen molar-refractivity contribution in [2.45, 2.75) is 19.4 Å².